The molecular weight excluding hydrogens is 410 g/mol. The fourth-order valence-electron chi connectivity index (χ4n) is 3.42. The van der Waals surface area contributed by atoms with Gasteiger partial charge in [0.1, 0.15) is 23.7 Å². The Kier molecular flexibility index (Phi) is 7.26. The van der Waals surface area contributed by atoms with Crippen LogP contribution in [0.25, 0.3) is 11.2 Å². The van der Waals surface area contributed by atoms with Crippen LogP contribution in [0.3, 0.4) is 0 Å². The van der Waals surface area contributed by atoms with Crippen LogP contribution in [0.2, 0.25) is 25.7 Å². The summed E-state index contributed by atoms with van der Waals surface area (Å²) in [6.07, 6.45) is 5.22. The number of carbonyl (C=O) groups excluding carboxylic acids is 1. The van der Waals surface area contributed by atoms with Crippen molar-refractivity contribution in [3.63, 3.8) is 0 Å². The molecule has 31 heavy (non-hydrogen) atoms. The lowest BCUT2D eigenvalue weighted by atomic mass is 10.1. The molecule has 1 amide bonds. The van der Waals surface area contributed by atoms with Gasteiger partial charge in [-0.2, -0.15) is 0 Å². The summed E-state index contributed by atoms with van der Waals surface area (Å²) in [7, 11) is -1.08. The SMILES string of the molecule is CC(C)(C)OC(=O)N1CCC(Nc2cnc3c(ccn3COCC[Si](C)(C)C)n2)CC1. The largest absolute Gasteiger partial charge is 0.444 e. The Balaban J connectivity index is 1.50. The molecule has 2 aromatic heterocycles. The highest BCUT2D eigenvalue weighted by molar-refractivity contribution is 6.76. The molecule has 0 bridgehead atoms. The molecule has 3 heterocycles. The first kappa shape index (κ1) is 23.5. The lowest BCUT2D eigenvalue weighted by molar-refractivity contribution is 0.0210. The van der Waals surface area contributed by atoms with E-state index in [0.29, 0.717) is 19.8 Å². The van der Waals surface area contributed by atoms with Crippen molar-refractivity contribution in [3.05, 3.63) is 18.5 Å². The maximum absolute atomic E-state index is 12.2. The predicted molar refractivity (Wildman–Crippen MR) is 126 cm³/mol. The Morgan fingerprint density at radius 1 is 1.26 bits per heavy atom. The molecule has 1 saturated heterocycles. The number of piperidine rings is 1. The number of fused-ring (bicyclic) bond motifs is 1. The summed E-state index contributed by atoms with van der Waals surface area (Å²) in [5.41, 5.74) is 1.22. The molecular formula is C22H37N5O3Si. The molecule has 0 saturated carbocycles. The number of nitrogens with zero attached hydrogens (tertiary/aromatic N) is 4. The van der Waals surface area contributed by atoms with Crippen LogP contribution in [0.4, 0.5) is 10.6 Å². The van der Waals surface area contributed by atoms with Gasteiger partial charge in [-0.15, -0.1) is 0 Å². The minimum atomic E-state index is -1.08. The van der Waals surface area contributed by atoms with Crippen molar-refractivity contribution in [2.75, 3.05) is 25.0 Å². The van der Waals surface area contributed by atoms with E-state index in [1.807, 2.05) is 37.6 Å². The van der Waals surface area contributed by atoms with Crippen LogP contribution in [-0.2, 0) is 16.2 Å². The first-order chi connectivity index (χ1) is 14.5. The normalized spacial score (nSPS) is 16.0. The lowest BCUT2D eigenvalue weighted by Crippen LogP contribution is -2.44. The molecule has 2 aromatic rings. The molecule has 9 heteroatoms. The van der Waals surface area contributed by atoms with Crippen LogP contribution in [0, 0.1) is 0 Å². The van der Waals surface area contributed by atoms with Gasteiger partial charge in [0.05, 0.1) is 6.20 Å². The van der Waals surface area contributed by atoms with Gasteiger partial charge < -0.3 is 24.3 Å². The Hall–Kier alpha value is -2.13. The fraction of sp³-hybridized carbons (Fsp3) is 0.682. The van der Waals surface area contributed by atoms with E-state index < -0.39 is 13.7 Å². The number of aromatic nitrogens is 3. The van der Waals surface area contributed by atoms with Crippen molar-refractivity contribution in [2.24, 2.45) is 0 Å². The number of ether oxygens (including phenoxy) is 2. The third-order valence-electron chi connectivity index (χ3n) is 5.19. The van der Waals surface area contributed by atoms with Gasteiger partial charge in [0, 0.05) is 40.0 Å². The van der Waals surface area contributed by atoms with Crippen LogP contribution in [-0.4, -0.2) is 64.9 Å². The fourth-order valence-corrected chi connectivity index (χ4v) is 4.18. The first-order valence-electron chi connectivity index (χ1n) is 11.1. The minimum Gasteiger partial charge on any atom is -0.444 e. The highest BCUT2D eigenvalue weighted by Crippen LogP contribution is 2.20. The number of nitrogens with one attached hydrogen (secondary N) is 1. The number of likely N-dealkylation sites (tertiary alicyclic amines) is 1. The van der Waals surface area contributed by atoms with Gasteiger partial charge >= 0.3 is 6.09 Å². The zero-order chi connectivity index (χ0) is 22.6. The third kappa shape index (κ3) is 7.21. The molecule has 8 nitrogen and oxygen atoms in total. The summed E-state index contributed by atoms with van der Waals surface area (Å²) in [5.74, 6) is 0.764. The molecule has 172 valence electrons. The topological polar surface area (TPSA) is 81.5 Å². The predicted octanol–water partition coefficient (Wildman–Crippen LogP) is 4.56. The summed E-state index contributed by atoms with van der Waals surface area (Å²) in [5, 5.41) is 3.47. The van der Waals surface area contributed by atoms with Crippen LogP contribution >= 0.6 is 0 Å². The smallest absolute Gasteiger partial charge is 0.410 e. The molecule has 0 aliphatic carbocycles. The maximum Gasteiger partial charge on any atom is 0.410 e. The number of hydrogen-bond acceptors (Lipinski definition) is 6. The summed E-state index contributed by atoms with van der Waals surface area (Å²) in [4.78, 5) is 23.3. The molecule has 0 spiro atoms. The van der Waals surface area contributed by atoms with Gasteiger partial charge in [0.2, 0.25) is 0 Å². The standard InChI is InChI=1S/C22H37N5O3Si/c1-22(2,3)30-21(28)26-10-7-17(8-11-26)24-19-15-23-20-18(25-19)9-12-27(20)16-29-13-14-31(4,5)6/h9,12,15,17H,7-8,10-11,13-14,16H2,1-6H3,(H,24,25). The zero-order valence-corrected chi connectivity index (χ0v) is 20.8. The van der Waals surface area contributed by atoms with E-state index in [1.165, 1.54) is 0 Å². The van der Waals surface area contributed by atoms with E-state index in [9.17, 15) is 4.79 Å². The Bertz CT molecular complexity index is 879. The van der Waals surface area contributed by atoms with Gasteiger partial charge in [-0.1, -0.05) is 19.6 Å². The van der Waals surface area contributed by atoms with Crippen molar-refractivity contribution < 1.29 is 14.3 Å². The maximum atomic E-state index is 12.2. The summed E-state index contributed by atoms with van der Waals surface area (Å²) in [6, 6.07) is 3.39. The molecule has 1 aliphatic rings. The van der Waals surface area contributed by atoms with Gasteiger partial charge in [-0.3, -0.25) is 0 Å². The second-order valence-corrected chi connectivity index (χ2v) is 16.1. The van der Waals surface area contributed by atoms with Crippen molar-refractivity contribution in [3.8, 4) is 0 Å². The molecule has 3 rings (SSSR count). The average Bonchev–Trinajstić information content (AvgIpc) is 3.06. The van der Waals surface area contributed by atoms with E-state index in [0.717, 1.165) is 42.5 Å². The zero-order valence-electron chi connectivity index (χ0n) is 19.8. The number of rotatable bonds is 7. The van der Waals surface area contributed by atoms with Crippen molar-refractivity contribution in [1.82, 2.24) is 19.4 Å². The Morgan fingerprint density at radius 3 is 2.61 bits per heavy atom. The number of anilines is 1. The Morgan fingerprint density at radius 2 is 1.97 bits per heavy atom. The molecule has 1 fully saturated rings. The van der Waals surface area contributed by atoms with Gasteiger partial charge in [-0.25, -0.2) is 14.8 Å². The molecule has 1 N–H and O–H groups in total. The van der Waals surface area contributed by atoms with Crippen LogP contribution < -0.4 is 5.32 Å². The number of hydrogen-bond donors (Lipinski definition) is 1. The lowest BCUT2D eigenvalue weighted by Gasteiger charge is -2.33. The van der Waals surface area contributed by atoms with Crippen molar-refractivity contribution in [1.29, 1.82) is 0 Å². The van der Waals surface area contributed by atoms with Gasteiger partial charge in [0.25, 0.3) is 0 Å². The number of amides is 1. The molecule has 0 unspecified atom stereocenters. The molecule has 0 atom stereocenters. The monoisotopic (exact) mass is 447 g/mol. The van der Waals surface area contributed by atoms with Crippen molar-refractivity contribution in [2.45, 2.75) is 77.7 Å². The quantitative estimate of drug-likeness (QED) is 0.495. The van der Waals surface area contributed by atoms with E-state index in [4.69, 9.17) is 14.5 Å². The highest BCUT2D eigenvalue weighted by Gasteiger charge is 2.27. The van der Waals surface area contributed by atoms with E-state index in [-0.39, 0.29) is 12.1 Å². The Labute approximate surface area is 186 Å². The van der Waals surface area contributed by atoms with Crippen LogP contribution in [0.1, 0.15) is 33.6 Å². The summed E-state index contributed by atoms with van der Waals surface area (Å²) < 4.78 is 13.3. The second-order valence-electron chi connectivity index (χ2n) is 10.5. The first-order valence-corrected chi connectivity index (χ1v) is 14.8. The van der Waals surface area contributed by atoms with Crippen LogP contribution in [0.15, 0.2) is 18.5 Å². The number of carbonyl (C=O) groups is 1. The van der Waals surface area contributed by atoms with E-state index in [1.54, 1.807) is 11.1 Å². The second kappa shape index (κ2) is 9.56. The molecule has 0 radical (unpaired) electrons. The summed E-state index contributed by atoms with van der Waals surface area (Å²) >= 11 is 0. The third-order valence-corrected chi connectivity index (χ3v) is 6.89. The molecule has 1 aliphatic heterocycles. The van der Waals surface area contributed by atoms with Gasteiger partial charge in [0.15, 0.2) is 5.65 Å². The van der Waals surface area contributed by atoms with Crippen LogP contribution in [0.5, 0.6) is 0 Å². The van der Waals surface area contributed by atoms with E-state index >= 15 is 0 Å². The van der Waals surface area contributed by atoms with Gasteiger partial charge in [-0.05, 0) is 45.7 Å². The summed E-state index contributed by atoms with van der Waals surface area (Å²) in [6.45, 7) is 15.3. The average molecular weight is 448 g/mol. The minimum absolute atomic E-state index is 0.236. The van der Waals surface area contributed by atoms with E-state index in [2.05, 4.69) is 29.9 Å². The molecule has 0 aromatic carbocycles. The van der Waals surface area contributed by atoms with Crippen molar-refractivity contribution >= 4 is 31.1 Å². The highest BCUT2D eigenvalue weighted by atomic mass is 28.3.